The number of aliphatic carboxylic acids is 1. The Hall–Kier alpha value is -1.42. The second-order valence-electron chi connectivity index (χ2n) is 4.21. The number of rotatable bonds is 4. The zero-order valence-corrected chi connectivity index (χ0v) is 9.03. The van der Waals surface area contributed by atoms with E-state index < -0.39 is 12.0 Å². The summed E-state index contributed by atoms with van der Waals surface area (Å²) >= 11 is 0. The van der Waals surface area contributed by atoms with Crippen LogP contribution in [0, 0.1) is 12.7 Å². The normalized spacial score (nSPS) is 17.1. The Morgan fingerprint density at radius 1 is 1.56 bits per heavy atom. The zero-order valence-electron chi connectivity index (χ0n) is 9.03. The molecule has 1 aromatic rings. The molecule has 1 atom stereocenters. The summed E-state index contributed by atoms with van der Waals surface area (Å²) in [6, 6.07) is 3.77. The number of hydrogen-bond acceptors (Lipinski definition) is 2. The average Bonchev–Trinajstić information content (AvgIpc) is 2.98. The van der Waals surface area contributed by atoms with E-state index in [0.717, 1.165) is 12.8 Å². The Kier molecular flexibility index (Phi) is 2.92. The van der Waals surface area contributed by atoms with Crippen LogP contribution < -0.4 is 5.32 Å². The van der Waals surface area contributed by atoms with E-state index in [-0.39, 0.29) is 5.82 Å². The number of carboxylic acid groups (broad SMARTS) is 1. The second kappa shape index (κ2) is 4.22. The molecule has 4 heteroatoms. The monoisotopic (exact) mass is 223 g/mol. The highest BCUT2D eigenvalue weighted by molar-refractivity contribution is 5.76. The lowest BCUT2D eigenvalue weighted by molar-refractivity contribution is -0.139. The van der Waals surface area contributed by atoms with Crippen molar-refractivity contribution in [2.45, 2.75) is 31.8 Å². The molecule has 16 heavy (non-hydrogen) atoms. The molecule has 0 aromatic heterocycles. The lowest BCUT2D eigenvalue weighted by atomic mass is 10.0. The fourth-order valence-electron chi connectivity index (χ4n) is 1.74. The van der Waals surface area contributed by atoms with Crippen molar-refractivity contribution in [1.29, 1.82) is 0 Å². The fourth-order valence-corrected chi connectivity index (χ4v) is 1.74. The predicted molar refractivity (Wildman–Crippen MR) is 57.7 cm³/mol. The van der Waals surface area contributed by atoms with Gasteiger partial charge in [-0.25, -0.2) is 4.39 Å². The van der Waals surface area contributed by atoms with Crippen LogP contribution in [-0.2, 0) is 4.79 Å². The zero-order chi connectivity index (χ0) is 11.7. The van der Waals surface area contributed by atoms with Gasteiger partial charge in [0.1, 0.15) is 11.9 Å². The van der Waals surface area contributed by atoms with E-state index in [2.05, 4.69) is 5.32 Å². The maximum absolute atomic E-state index is 12.9. The molecule has 0 saturated heterocycles. The summed E-state index contributed by atoms with van der Waals surface area (Å²) in [5.74, 6) is -1.25. The quantitative estimate of drug-likeness (QED) is 0.821. The first-order chi connectivity index (χ1) is 7.58. The highest BCUT2D eigenvalue weighted by Crippen LogP contribution is 2.26. The van der Waals surface area contributed by atoms with E-state index in [0.29, 0.717) is 17.2 Å². The first-order valence-corrected chi connectivity index (χ1v) is 5.33. The lowest BCUT2D eigenvalue weighted by Crippen LogP contribution is -2.30. The maximum Gasteiger partial charge on any atom is 0.325 e. The Morgan fingerprint density at radius 2 is 2.25 bits per heavy atom. The highest BCUT2D eigenvalue weighted by Gasteiger charge is 2.30. The number of carboxylic acids is 1. The van der Waals surface area contributed by atoms with Gasteiger partial charge in [-0.3, -0.25) is 10.1 Å². The topological polar surface area (TPSA) is 49.3 Å². The van der Waals surface area contributed by atoms with Gasteiger partial charge in [0.05, 0.1) is 0 Å². The van der Waals surface area contributed by atoms with E-state index in [1.165, 1.54) is 12.1 Å². The molecule has 0 aliphatic heterocycles. The molecule has 1 aliphatic carbocycles. The van der Waals surface area contributed by atoms with Crippen molar-refractivity contribution >= 4 is 5.97 Å². The molecule has 0 spiro atoms. The van der Waals surface area contributed by atoms with E-state index >= 15 is 0 Å². The minimum absolute atomic E-state index is 0.297. The van der Waals surface area contributed by atoms with Crippen molar-refractivity contribution in [3.05, 3.63) is 35.1 Å². The van der Waals surface area contributed by atoms with Crippen LogP contribution in [0.1, 0.15) is 30.0 Å². The van der Waals surface area contributed by atoms with Gasteiger partial charge in [-0.15, -0.1) is 0 Å². The third-order valence-corrected chi connectivity index (χ3v) is 2.77. The van der Waals surface area contributed by atoms with Gasteiger partial charge in [0, 0.05) is 6.04 Å². The largest absolute Gasteiger partial charge is 0.480 e. The van der Waals surface area contributed by atoms with Gasteiger partial charge in [-0.2, -0.15) is 0 Å². The van der Waals surface area contributed by atoms with Gasteiger partial charge < -0.3 is 5.11 Å². The van der Waals surface area contributed by atoms with Crippen LogP contribution in [0.15, 0.2) is 18.2 Å². The van der Waals surface area contributed by atoms with Gasteiger partial charge in [0.2, 0.25) is 0 Å². The van der Waals surface area contributed by atoms with Crippen LogP contribution >= 0.6 is 0 Å². The molecule has 3 nitrogen and oxygen atoms in total. The molecule has 1 aromatic carbocycles. The molecule has 0 amide bonds. The molecule has 1 fully saturated rings. The van der Waals surface area contributed by atoms with Crippen LogP contribution in [0.4, 0.5) is 4.39 Å². The molecule has 1 unspecified atom stereocenters. The number of benzene rings is 1. The molecular formula is C12H14FNO2. The van der Waals surface area contributed by atoms with Crippen LogP contribution in [0.2, 0.25) is 0 Å². The van der Waals surface area contributed by atoms with Gasteiger partial charge in [-0.05, 0) is 43.0 Å². The first-order valence-electron chi connectivity index (χ1n) is 5.33. The second-order valence-corrected chi connectivity index (χ2v) is 4.21. The van der Waals surface area contributed by atoms with E-state index in [1.54, 1.807) is 13.0 Å². The van der Waals surface area contributed by atoms with E-state index in [1.807, 2.05) is 0 Å². The van der Waals surface area contributed by atoms with Crippen LogP contribution in [0.3, 0.4) is 0 Å². The molecule has 1 aliphatic rings. The Balaban J connectivity index is 2.26. The Morgan fingerprint density at radius 3 is 2.75 bits per heavy atom. The van der Waals surface area contributed by atoms with Crippen LogP contribution in [0.5, 0.6) is 0 Å². The Bertz CT molecular complexity index is 415. The smallest absolute Gasteiger partial charge is 0.325 e. The summed E-state index contributed by atoms with van der Waals surface area (Å²) in [6.07, 6.45) is 2.04. The van der Waals surface area contributed by atoms with Gasteiger partial charge in [0.15, 0.2) is 0 Å². The molecule has 0 bridgehead atoms. The van der Waals surface area contributed by atoms with Crippen LogP contribution in [-0.4, -0.2) is 17.1 Å². The van der Waals surface area contributed by atoms with Crippen molar-refractivity contribution in [1.82, 2.24) is 5.32 Å². The van der Waals surface area contributed by atoms with Crippen molar-refractivity contribution in [3.8, 4) is 0 Å². The summed E-state index contributed by atoms with van der Waals surface area (Å²) in [6.45, 7) is 1.73. The third-order valence-electron chi connectivity index (χ3n) is 2.77. The average molecular weight is 223 g/mol. The summed E-state index contributed by atoms with van der Waals surface area (Å²) in [4.78, 5) is 11.1. The lowest BCUT2D eigenvalue weighted by Gasteiger charge is -2.16. The third kappa shape index (κ3) is 2.39. The number of hydrogen-bond donors (Lipinski definition) is 2. The highest BCUT2D eigenvalue weighted by atomic mass is 19.1. The number of aryl methyl sites for hydroxylation is 1. The number of halogens is 1. The molecule has 2 N–H and O–H groups in total. The number of carbonyl (C=O) groups is 1. The van der Waals surface area contributed by atoms with Gasteiger partial charge in [-0.1, -0.05) is 6.07 Å². The van der Waals surface area contributed by atoms with E-state index in [4.69, 9.17) is 5.11 Å². The summed E-state index contributed by atoms with van der Waals surface area (Å²) in [5.41, 5.74) is 1.31. The van der Waals surface area contributed by atoms with Crippen molar-refractivity contribution in [2.75, 3.05) is 0 Å². The summed E-state index contributed by atoms with van der Waals surface area (Å²) in [5, 5.41) is 12.2. The van der Waals surface area contributed by atoms with Gasteiger partial charge in [0.25, 0.3) is 0 Å². The standard InChI is InChI=1S/C12H14FNO2/c1-7-6-8(13)2-5-10(7)11(12(15)16)14-9-3-4-9/h2,5-6,9,11,14H,3-4H2,1H3,(H,15,16). The van der Waals surface area contributed by atoms with Gasteiger partial charge >= 0.3 is 5.97 Å². The van der Waals surface area contributed by atoms with E-state index in [9.17, 15) is 9.18 Å². The van der Waals surface area contributed by atoms with Crippen molar-refractivity contribution in [2.24, 2.45) is 0 Å². The molecule has 0 radical (unpaired) electrons. The molecule has 1 saturated carbocycles. The summed E-state index contributed by atoms with van der Waals surface area (Å²) in [7, 11) is 0. The maximum atomic E-state index is 12.9. The SMILES string of the molecule is Cc1cc(F)ccc1C(NC1CC1)C(=O)O. The molecule has 0 heterocycles. The first kappa shape index (κ1) is 11.1. The fraction of sp³-hybridized carbons (Fsp3) is 0.417. The predicted octanol–water partition coefficient (Wildman–Crippen LogP) is 2.01. The van der Waals surface area contributed by atoms with Crippen molar-refractivity contribution in [3.63, 3.8) is 0 Å². The Labute approximate surface area is 93.3 Å². The number of nitrogens with one attached hydrogen (secondary N) is 1. The molecule has 2 rings (SSSR count). The summed E-state index contributed by atoms with van der Waals surface area (Å²) < 4.78 is 12.9. The molecule has 86 valence electrons. The minimum Gasteiger partial charge on any atom is -0.480 e. The van der Waals surface area contributed by atoms with Crippen LogP contribution in [0.25, 0.3) is 0 Å². The molecular weight excluding hydrogens is 209 g/mol. The minimum atomic E-state index is -0.915. The van der Waals surface area contributed by atoms with Crippen molar-refractivity contribution < 1.29 is 14.3 Å².